The molecule has 0 spiro atoms. The summed E-state index contributed by atoms with van der Waals surface area (Å²) >= 11 is 0. The van der Waals surface area contributed by atoms with Crippen molar-refractivity contribution in [2.75, 3.05) is 65.3 Å². The summed E-state index contributed by atoms with van der Waals surface area (Å²) in [6.07, 6.45) is 1.89. The molecule has 0 N–H and O–H groups in total. The van der Waals surface area contributed by atoms with E-state index in [0.717, 1.165) is 51.4 Å². The van der Waals surface area contributed by atoms with Crippen LogP contribution < -0.4 is 4.90 Å². The molecule has 2 amide bonds. The van der Waals surface area contributed by atoms with Crippen LogP contribution in [0.15, 0.2) is 12.1 Å². The van der Waals surface area contributed by atoms with Gasteiger partial charge >= 0.3 is 0 Å². The van der Waals surface area contributed by atoms with Crippen molar-refractivity contribution in [1.29, 1.82) is 0 Å². The molecule has 2 aliphatic rings. The van der Waals surface area contributed by atoms with Gasteiger partial charge in [0.1, 0.15) is 0 Å². The van der Waals surface area contributed by atoms with Gasteiger partial charge in [0, 0.05) is 53.4 Å². The monoisotopic (exact) mass is 360 g/mol. The van der Waals surface area contributed by atoms with E-state index in [1.807, 2.05) is 11.0 Å². The van der Waals surface area contributed by atoms with E-state index in [0.29, 0.717) is 12.2 Å². The second-order valence-corrected chi connectivity index (χ2v) is 7.39. The van der Waals surface area contributed by atoms with Gasteiger partial charge < -0.3 is 19.6 Å². The first-order valence-electron chi connectivity index (χ1n) is 9.23. The Labute approximate surface area is 154 Å². The molecule has 2 saturated heterocycles. The first-order valence-corrected chi connectivity index (χ1v) is 9.23. The fourth-order valence-corrected chi connectivity index (χ4v) is 3.51. The zero-order chi connectivity index (χ0) is 18.7. The van der Waals surface area contributed by atoms with Crippen LogP contribution in [0.2, 0.25) is 0 Å². The third-order valence-electron chi connectivity index (χ3n) is 5.19. The summed E-state index contributed by atoms with van der Waals surface area (Å²) in [5.74, 6) is 0.842. The Balaban J connectivity index is 1.63. The van der Waals surface area contributed by atoms with Crippen LogP contribution in [-0.4, -0.2) is 97.1 Å². The standard InChI is InChI=1S/C18H28N6O2/c1-21(2)18(26)15-6-7-16(20-19-15)24-8-4-5-14(13-24)17(25)23-11-9-22(3)10-12-23/h6-7,14H,4-5,8-13H2,1-3H3. The number of hydrogen-bond acceptors (Lipinski definition) is 6. The highest BCUT2D eigenvalue weighted by atomic mass is 16.2. The van der Waals surface area contributed by atoms with Gasteiger partial charge in [-0.05, 0) is 32.0 Å². The molecule has 2 fully saturated rings. The normalized spacial score (nSPS) is 21.6. The number of nitrogens with zero attached hydrogens (tertiary/aromatic N) is 6. The number of carbonyl (C=O) groups excluding carboxylic acids is 2. The van der Waals surface area contributed by atoms with E-state index in [-0.39, 0.29) is 17.7 Å². The van der Waals surface area contributed by atoms with Crippen molar-refractivity contribution in [2.45, 2.75) is 12.8 Å². The summed E-state index contributed by atoms with van der Waals surface area (Å²) in [4.78, 5) is 32.6. The molecule has 1 atom stereocenters. The third-order valence-corrected chi connectivity index (χ3v) is 5.19. The molecule has 8 nitrogen and oxygen atoms in total. The minimum absolute atomic E-state index is 0.0111. The number of piperazine rings is 1. The van der Waals surface area contributed by atoms with E-state index >= 15 is 0 Å². The molecule has 8 heteroatoms. The maximum atomic E-state index is 12.8. The molecule has 142 valence electrons. The Morgan fingerprint density at radius 1 is 1.08 bits per heavy atom. The van der Waals surface area contributed by atoms with E-state index < -0.39 is 0 Å². The lowest BCUT2D eigenvalue weighted by molar-refractivity contribution is -0.137. The predicted molar refractivity (Wildman–Crippen MR) is 99.1 cm³/mol. The summed E-state index contributed by atoms with van der Waals surface area (Å²) < 4.78 is 0. The molecule has 0 saturated carbocycles. The van der Waals surface area contributed by atoms with E-state index in [2.05, 4.69) is 27.0 Å². The number of piperidine rings is 1. The molecular formula is C18H28N6O2. The number of likely N-dealkylation sites (N-methyl/N-ethyl adjacent to an activating group) is 1. The Hall–Kier alpha value is -2.22. The van der Waals surface area contributed by atoms with Gasteiger partial charge in [0.05, 0.1) is 5.92 Å². The van der Waals surface area contributed by atoms with Gasteiger partial charge in [-0.2, -0.15) is 0 Å². The molecular weight excluding hydrogens is 332 g/mol. The van der Waals surface area contributed by atoms with Gasteiger partial charge in [-0.1, -0.05) is 0 Å². The smallest absolute Gasteiger partial charge is 0.273 e. The van der Waals surface area contributed by atoms with Crippen LogP contribution in [0, 0.1) is 5.92 Å². The zero-order valence-corrected chi connectivity index (χ0v) is 15.9. The highest BCUT2D eigenvalue weighted by Gasteiger charge is 2.31. The number of aromatic nitrogens is 2. The lowest BCUT2D eigenvalue weighted by Crippen LogP contribution is -2.51. The van der Waals surface area contributed by atoms with Crippen LogP contribution in [0.25, 0.3) is 0 Å². The summed E-state index contributed by atoms with van der Waals surface area (Å²) in [7, 11) is 5.47. The van der Waals surface area contributed by atoms with E-state index in [9.17, 15) is 9.59 Å². The van der Waals surface area contributed by atoms with Gasteiger partial charge in [-0.3, -0.25) is 9.59 Å². The van der Waals surface area contributed by atoms with Gasteiger partial charge in [-0.25, -0.2) is 0 Å². The molecule has 1 aromatic rings. The molecule has 0 radical (unpaired) electrons. The average molecular weight is 360 g/mol. The van der Waals surface area contributed by atoms with Crippen molar-refractivity contribution in [1.82, 2.24) is 24.9 Å². The summed E-state index contributed by atoms with van der Waals surface area (Å²) in [5.41, 5.74) is 0.334. The van der Waals surface area contributed by atoms with Crippen LogP contribution in [0.4, 0.5) is 5.82 Å². The Kier molecular flexibility index (Phi) is 5.70. The van der Waals surface area contributed by atoms with Crippen molar-refractivity contribution in [3.05, 3.63) is 17.8 Å². The first-order chi connectivity index (χ1) is 12.5. The maximum absolute atomic E-state index is 12.8. The zero-order valence-electron chi connectivity index (χ0n) is 15.9. The fourth-order valence-electron chi connectivity index (χ4n) is 3.51. The third kappa shape index (κ3) is 4.12. The molecule has 0 bridgehead atoms. The topological polar surface area (TPSA) is 72.9 Å². The highest BCUT2D eigenvalue weighted by Crippen LogP contribution is 2.23. The van der Waals surface area contributed by atoms with Crippen molar-refractivity contribution in [3.63, 3.8) is 0 Å². The van der Waals surface area contributed by atoms with Crippen molar-refractivity contribution < 1.29 is 9.59 Å². The van der Waals surface area contributed by atoms with E-state index in [4.69, 9.17) is 0 Å². The molecule has 0 aromatic carbocycles. The van der Waals surface area contributed by atoms with Gasteiger partial charge in [0.15, 0.2) is 11.5 Å². The fraction of sp³-hybridized carbons (Fsp3) is 0.667. The van der Waals surface area contributed by atoms with Crippen LogP contribution in [0.3, 0.4) is 0 Å². The minimum atomic E-state index is -0.161. The minimum Gasteiger partial charge on any atom is -0.354 e. The number of amides is 2. The molecule has 2 aliphatic heterocycles. The summed E-state index contributed by atoms with van der Waals surface area (Å²) in [6, 6.07) is 3.53. The second-order valence-electron chi connectivity index (χ2n) is 7.39. The summed E-state index contributed by atoms with van der Waals surface area (Å²) in [5, 5.41) is 8.28. The van der Waals surface area contributed by atoms with Gasteiger partial charge in [0.25, 0.3) is 5.91 Å². The molecule has 1 aromatic heterocycles. The molecule has 3 rings (SSSR count). The molecule has 1 unspecified atom stereocenters. The molecule has 3 heterocycles. The van der Waals surface area contributed by atoms with E-state index in [1.165, 1.54) is 4.90 Å². The quantitative estimate of drug-likeness (QED) is 0.765. The van der Waals surface area contributed by atoms with Crippen molar-refractivity contribution in [2.24, 2.45) is 5.92 Å². The van der Waals surface area contributed by atoms with Crippen molar-refractivity contribution >= 4 is 17.6 Å². The first kappa shape index (κ1) is 18.6. The second kappa shape index (κ2) is 7.99. The molecule has 26 heavy (non-hydrogen) atoms. The lowest BCUT2D eigenvalue weighted by Gasteiger charge is -2.38. The van der Waals surface area contributed by atoms with E-state index in [1.54, 1.807) is 20.2 Å². The Bertz CT molecular complexity index is 640. The van der Waals surface area contributed by atoms with Crippen LogP contribution in [-0.2, 0) is 4.79 Å². The number of rotatable bonds is 3. The lowest BCUT2D eigenvalue weighted by atomic mass is 9.96. The summed E-state index contributed by atoms with van der Waals surface area (Å²) in [6.45, 7) is 5.03. The Morgan fingerprint density at radius 2 is 1.81 bits per heavy atom. The van der Waals surface area contributed by atoms with Crippen molar-refractivity contribution in [3.8, 4) is 0 Å². The number of hydrogen-bond donors (Lipinski definition) is 0. The number of carbonyl (C=O) groups is 2. The van der Waals surface area contributed by atoms with Gasteiger partial charge in [-0.15, -0.1) is 10.2 Å². The SMILES string of the molecule is CN1CCN(C(=O)C2CCCN(c3ccc(C(=O)N(C)C)nn3)C2)CC1. The Morgan fingerprint density at radius 3 is 2.42 bits per heavy atom. The van der Waals surface area contributed by atoms with Crippen LogP contribution in [0.5, 0.6) is 0 Å². The average Bonchev–Trinajstić information content (AvgIpc) is 2.67. The number of anilines is 1. The largest absolute Gasteiger partial charge is 0.354 e. The van der Waals surface area contributed by atoms with Crippen LogP contribution >= 0.6 is 0 Å². The maximum Gasteiger partial charge on any atom is 0.273 e. The predicted octanol–water partition coefficient (Wildman–Crippen LogP) is 0.169. The molecule has 0 aliphatic carbocycles. The highest BCUT2D eigenvalue weighted by molar-refractivity contribution is 5.91. The van der Waals surface area contributed by atoms with Crippen LogP contribution in [0.1, 0.15) is 23.3 Å². The van der Waals surface area contributed by atoms with Gasteiger partial charge in [0.2, 0.25) is 5.91 Å².